The molecule has 1 saturated carbocycles. The molecule has 0 saturated heterocycles. The predicted octanol–water partition coefficient (Wildman–Crippen LogP) is 4.98. The van der Waals surface area contributed by atoms with Crippen LogP contribution in [0.25, 0.3) is 21.5 Å². The highest BCUT2D eigenvalue weighted by Crippen LogP contribution is 2.47. The monoisotopic (exact) mass is 798 g/mol. The first-order valence-corrected chi connectivity index (χ1v) is 20.3. The molecule has 1 aliphatic carbocycles. The maximum Gasteiger partial charge on any atom is 0.297 e. The summed E-state index contributed by atoms with van der Waals surface area (Å²) in [4.78, 5) is -2.97. The van der Waals surface area contributed by atoms with Crippen LogP contribution in [-0.2, 0) is 40.5 Å². The van der Waals surface area contributed by atoms with Crippen molar-refractivity contribution in [2.24, 2.45) is 10.2 Å². The van der Waals surface area contributed by atoms with E-state index >= 15 is 0 Å². The minimum Gasteiger partial charge on any atom is -0.505 e. The van der Waals surface area contributed by atoms with Gasteiger partial charge in [0.1, 0.15) is 21.2 Å². The van der Waals surface area contributed by atoms with Crippen molar-refractivity contribution in [2.45, 2.75) is 37.0 Å². The Hall–Kier alpha value is -4.45. The Kier molecular flexibility index (Phi) is 9.01. The second kappa shape index (κ2) is 12.6. The predicted molar refractivity (Wildman–Crippen MR) is 184 cm³/mol. The van der Waals surface area contributed by atoms with Crippen LogP contribution >= 0.6 is 11.6 Å². The summed E-state index contributed by atoms with van der Waals surface area (Å²) >= 11 is 6.46. The highest BCUT2D eigenvalue weighted by molar-refractivity contribution is 7.86. The molecule has 7 N–H and O–H groups in total. The number of alkyl halides is 1. The lowest BCUT2D eigenvalue weighted by Crippen LogP contribution is -2.14. The molecule has 0 amide bonds. The van der Waals surface area contributed by atoms with Crippen molar-refractivity contribution in [3.05, 3.63) is 78.9 Å². The van der Waals surface area contributed by atoms with Gasteiger partial charge in [-0.25, -0.2) is 0 Å². The van der Waals surface area contributed by atoms with E-state index in [-0.39, 0.29) is 27.5 Å². The molecule has 17 nitrogen and oxygen atoms in total. The van der Waals surface area contributed by atoms with Crippen molar-refractivity contribution in [3.63, 3.8) is 0 Å². The number of hydrogen-bond acceptors (Lipinski definition) is 13. The van der Waals surface area contributed by atoms with Gasteiger partial charge in [-0.15, -0.1) is 21.8 Å². The second-order valence-corrected chi connectivity index (χ2v) is 17.3. The molecule has 0 aliphatic heterocycles. The normalized spacial score (nSPS) is 18.3. The zero-order valence-corrected chi connectivity index (χ0v) is 29.2. The quantitative estimate of drug-likeness (QED) is 0.0557. The van der Waals surface area contributed by atoms with Gasteiger partial charge in [0.2, 0.25) is 0 Å². The van der Waals surface area contributed by atoms with Crippen LogP contribution in [0.1, 0.15) is 0 Å². The molecule has 0 spiro atoms. The van der Waals surface area contributed by atoms with Gasteiger partial charge in [0.25, 0.3) is 40.5 Å². The van der Waals surface area contributed by atoms with Gasteiger partial charge in [-0.1, -0.05) is 36.4 Å². The fourth-order valence-corrected chi connectivity index (χ4v) is 8.35. The van der Waals surface area contributed by atoms with Crippen LogP contribution in [0.3, 0.4) is 0 Å². The molecular formula is C29H23ClN4O13S4. The Bertz CT molecular complexity index is 2760. The molecule has 3 atom stereocenters. The molecule has 0 aromatic heterocycles. The smallest absolute Gasteiger partial charge is 0.297 e. The topological polar surface area (TPSA) is 286 Å². The molecule has 1 fully saturated rings. The first-order valence-electron chi connectivity index (χ1n) is 14.1. The lowest BCUT2D eigenvalue weighted by atomic mass is 10.1. The molecule has 0 heterocycles. The molecule has 1 aliphatic rings. The largest absolute Gasteiger partial charge is 0.505 e. The average molecular weight is 799 g/mol. The third kappa shape index (κ3) is 7.33. The van der Waals surface area contributed by atoms with E-state index in [2.05, 4.69) is 20.9 Å². The van der Waals surface area contributed by atoms with Gasteiger partial charge in [0.05, 0.1) is 27.3 Å². The van der Waals surface area contributed by atoms with E-state index in [1.165, 1.54) is 30.3 Å². The Morgan fingerprint density at radius 3 is 1.94 bits per heavy atom. The molecule has 3 unspecified atom stereocenters. The van der Waals surface area contributed by atoms with Crippen LogP contribution in [0.15, 0.2) is 109 Å². The molecule has 51 heavy (non-hydrogen) atoms. The van der Waals surface area contributed by atoms with Crippen LogP contribution in [0, 0.1) is 0 Å². The van der Waals surface area contributed by atoms with Crippen LogP contribution < -0.4 is 10.6 Å². The van der Waals surface area contributed by atoms with Crippen molar-refractivity contribution in [1.29, 1.82) is 0 Å². The first kappa shape index (κ1) is 36.3. The van der Waals surface area contributed by atoms with E-state index in [0.29, 0.717) is 5.39 Å². The summed E-state index contributed by atoms with van der Waals surface area (Å²) in [6.45, 7) is 0. The minimum atomic E-state index is -5.27. The summed E-state index contributed by atoms with van der Waals surface area (Å²) in [5.41, 5.74) is -1.42. The Morgan fingerprint density at radius 2 is 1.29 bits per heavy atom. The molecule has 5 aromatic rings. The van der Waals surface area contributed by atoms with Gasteiger partial charge in [-0.3, -0.25) is 18.2 Å². The highest BCUT2D eigenvalue weighted by atomic mass is 35.5. The lowest BCUT2D eigenvalue weighted by molar-refractivity contribution is 0.472. The number of phenolic OH excluding ortho intramolecular Hbond substituents is 1. The van der Waals surface area contributed by atoms with E-state index in [0.717, 1.165) is 36.4 Å². The lowest BCUT2D eigenvalue weighted by Gasteiger charge is -2.16. The molecule has 0 bridgehead atoms. The van der Waals surface area contributed by atoms with E-state index in [4.69, 9.17) is 11.6 Å². The maximum atomic E-state index is 12.5. The number of anilines is 2. The number of benzene rings is 5. The van der Waals surface area contributed by atoms with Gasteiger partial charge in [-0.05, 0) is 53.2 Å². The second-order valence-electron chi connectivity index (χ2n) is 11.2. The maximum absolute atomic E-state index is 12.5. The fourth-order valence-electron chi connectivity index (χ4n) is 5.43. The highest BCUT2D eigenvalue weighted by Gasteiger charge is 2.50. The summed E-state index contributed by atoms with van der Waals surface area (Å²) in [6.07, 6.45) is 0. The van der Waals surface area contributed by atoms with Gasteiger partial charge in [0, 0.05) is 22.1 Å². The fraction of sp³-hybridized carbons (Fsp3) is 0.103. The number of nitrogens with one attached hydrogen (secondary N) is 2. The van der Waals surface area contributed by atoms with Crippen LogP contribution in [0.5, 0.6) is 5.75 Å². The molecule has 5 aromatic carbocycles. The number of nitrogens with zero attached hydrogens (tertiary/aromatic N) is 2. The third-order valence-electron chi connectivity index (χ3n) is 7.79. The number of phenols is 1. The van der Waals surface area contributed by atoms with Crippen molar-refractivity contribution in [1.82, 2.24) is 0 Å². The van der Waals surface area contributed by atoms with Crippen molar-refractivity contribution >= 4 is 96.4 Å². The van der Waals surface area contributed by atoms with Gasteiger partial charge in [0.15, 0.2) is 5.75 Å². The Labute approximate surface area is 294 Å². The zero-order chi connectivity index (χ0) is 37.3. The summed E-state index contributed by atoms with van der Waals surface area (Å²) in [5, 5.41) is 23.9. The van der Waals surface area contributed by atoms with Gasteiger partial charge < -0.3 is 15.7 Å². The van der Waals surface area contributed by atoms with Crippen molar-refractivity contribution < 1.29 is 57.0 Å². The van der Waals surface area contributed by atoms with E-state index < -0.39 is 94.6 Å². The molecule has 6 rings (SSSR count). The molecule has 22 heteroatoms. The summed E-state index contributed by atoms with van der Waals surface area (Å²) < 4.78 is 137. The van der Waals surface area contributed by atoms with Crippen LogP contribution in [0.4, 0.5) is 22.7 Å². The number of hydrogen-bond donors (Lipinski definition) is 7. The molecule has 268 valence electrons. The van der Waals surface area contributed by atoms with E-state index in [1.54, 1.807) is 12.1 Å². The van der Waals surface area contributed by atoms with E-state index in [1.807, 2.05) is 0 Å². The van der Waals surface area contributed by atoms with E-state index in [9.17, 15) is 57.0 Å². The number of azo groups is 1. The van der Waals surface area contributed by atoms with Crippen LogP contribution in [0.2, 0.25) is 0 Å². The van der Waals surface area contributed by atoms with Gasteiger partial charge >= 0.3 is 0 Å². The number of aromatic hydroxyl groups is 1. The summed E-state index contributed by atoms with van der Waals surface area (Å²) in [6, 6.07) is 14.6. The Balaban J connectivity index is 1.49. The minimum absolute atomic E-state index is 0.0337. The molecular weight excluding hydrogens is 776 g/mol. The summed E-state index contributed by atoms with van der Waals surface area (Å²) in [7, 11) is -19.7. The SMILES string of the molecule is O=S(=O)(O)c1cccc(NC2C(Cl)C2Nc2cc(S(=O)(=O)O)cc3cc(S(=O)(=O)O)c(N=Nc4ccc5ccccc5c4S(=O)(=O)O)c(O)c23)c1. The van der Waals surface area contributed by atoms with Crippen LogP contribution in [-0.4, -0.2) is 74.4 Å². The van der Waals surface area contributed by atoms with Gasteiger partial charge in [-0.2, -0.15) is 33.7 Å². The number of rotatable bonds is 10. The standard InChI is InChI=1S/C29H23ClN4O13S4/c30-24-26(31-16-5-3-6-17(12-16)48(36,37)38)27(24)32-21-13-18(49(39,40)41)10-15-11-22(50(42,43)44)25(28(35)23(15)21)34-33-20-9-8-14-4-1-2-7-19(14)29(20)51(45,46)47/h1-13,24,26-27,31-32,35H,(H,36,37,38)(H,39,40,41)(H,42,43,44)(H,45,46,47). The zero-order valence-electron chi connectivity index (χ0n) is 25.1. The van der Waals surface area contributed by atoms with Crippen molar-refractivity contribution in [3.8, 4) is 5.75 Å². The average Bonchev–Trinajstić information content (AvgIpc) is 3.62. The Morgan fingerprint density at radius 1 is 0.627 bits per heavy atom. The summed E-state index contributed by atoms with van der Waals surface area (Å²) in [5.74, 6) is -1.00. The first-order chi connectivity index (χ1) is 23.6. The number of halogens is 1. The molecule has 0 radical (unpaired) electrons. The third-order valence-corrected chi connectivity index (χ3v) is 11.8. The number of fused-ring (bicyclic) bond motifs is 2. The van der Waals surface area contributed by atoms with Crippen molar-refractivity contribution in [2.75, 3.05) is 10.6 Å².